The molecule has 18 heavy (non-hydrogen) atoms. The molecule has 1 unspecified atom stereocenters. The number of hydrogen-bond acceptors (Lipinski definition) is 3. The molecular formula is C13H20ClN3O. The Hall–Kier alpha value is -1.29. The number of carbonyl (C=O) groups excluding carboxylic acids is 1. The van der Waals surface area contributed by atoms with Crippen LogP contribution in [0.15, 0.2) is 12.3 Å². The molecule has 0 spiro atoms. The van der Waals surface area contributed by atoms with Gasteiger partial charge in [-0.05, 0) is 19.4 Å². The number of nitrogens with two attached hydrogens (primary N) is 1. The number of aromatic nitrogens is 1. The molecule has 1 amide bonds. The van der Waals surface area contributed by atoms with Crippen LogP contribution < -0.4 is 11.1 Å². The monoisotopic (exact) mass is 269 g/mol. The number of amides is 1. The molecule has 3 N–H and O–H groups in total. The van der Waals surface area contributed by atoms with Gasteiger partial charge in [0.2, 0.25) is 0 Å². The van der Waals surface area contributed by atoms with Gasteiger partial charge in [-0.3, -0.25) is 4.79 Å². The number of nitrogens with one attached hydrogen (secondary N) is 1. The predicted molar refractivity (Wildman–Crippen MR) is 74.7 cm³/mol. The van der Waals surface area contributed by atoms with Crippen molar-refractivity contribution in [2.45, 2.75) is 45.6 Å². The highest BCUT2D eigenvalue weighted by Gasteiger charge is 2.11. The second-order valence-electron chi connectivity index (χ2n) is 4.46. The lowest BCUT2D eigenvalue weighted by Crippen LogP contribution is -2.32. The average Bonchev–Trinajstić information content (AvgIpc) is 2.33. The Labute approximate surface area is 113 Å². The first-order chi connectivity index (χ1) is 8.54. The van der Waals surface area contributed by atoms with E-state index in [-0.39, 0.29) is 17.8 Å². The summed E-state index contributed by atoms with van der Waals surface area (Å²) in [7, 11) is 0. The number of pyridine rings is 1. The number of halogens is 1. The summed E-state index contributed by atoms with van der Waals surface area (Å²) in [6, 6.07) is 1.69. The number of nitrogens with zero attached hydrogens (tertiary/aromatic N) is 1. The normalized spacial score (nSPS) is 12.2. The Bertz CT molecular complexity index is 409. The number of nitrogen functional groups attached to an aromatic ring is 1. The van der Waals surface area contributed by atoms with Gasteiger partial charge in [-0.25, -0.2) is 4.98 Å². The Balaban J connectivity index is 2.51. The van der Waals surface area contributed by atoms with Gasteiger partial charge in [0.15, 0.2) is 0 Å². The Kier molecular flexibility index (Phi) is 5.92. The van der Waals surface area contributed by atoms with Crippen LogP contribution in [0.5, 0.6) is 0 Å². The largest absolute Gasteiger partial charge is 0.382 e. The van der Waals surface area contributed by atoms with Crippen LogP contribution in [0.4, 0.5) is 5.82 Å². The first-order valence-corrected chi connectivity index (χ1v) is 6.64. The first kappa shape index (κ1) is 14.8. The lowest BCUT2D eigenvalue weighted by molar-refractivity contribution is 0.0937. The van der Waals surface area contributed by atoms with Crippen molar-refractivity contribution in [3.8, 4) is 0 Å². The van der Waals surface area contributed by atoms with Gasteiger partial charge < -0.3 is 11.1 Å². The van der Waals surface area contributed by atoms with Crippen LogP contribution in [0.2, 0.25) is 5.02 Å². The topological polar surface area (TPSA) is 68.0 Å². The van der Waals surface area contributed by atoms with E-state index in [2.05, 4.69) is 17.2 Å². The van der Waals surface area contributed by atoms with Gasteiger partial charge >= 0.3 is 0 Å². The van der Waals surface area contributed by atoms with E-state index in [9.17, 15) is 4.79 Å². The SMILES string of the molecule is CCCCCC(C)NC(=O)c1cnc(N)c(Cl)c1. The second kappa shape index (κ2) is 7.21. The van der Waals surface area contributed by atoms with Crippen molar-refractivity contribution >= 4 is 23.3 Å². The Morgan fingerprint density at radius 1 is 1.56 bits per heavy atom. The third-order valence-corrected chi connectivity index (χ3v) is 3.05. The van der Waals surface area contributed by atoms with Gasteiger partial charge in [0, 0.05) is 12.2 Å². The minimum absolute atomic E-state index is 0.153. The minimum Gasteiger partial charge on any atom is -0.382 e. The molecule has 1 atom stereocenters. The summed E-state index contributed by atoms with van der Waals surface area (Å²) in [5.74, 6) is 0.0811. The minimum atomic E-state index is -0.159. The van der Waals surface area contributed by atoms with Gasteiger partial charge in [0.05, 0.1) is 10.6 Å². The summed E-state index contributed by atoms with van der Waals surface area (Å²) >= 11 is 5.83. The van der Waals surface area contributed by atoms with E-state index >= 15 is 0 Å². The van der Waals surface area contributed by atoms with E-state index in [1.807, 2.05) is 6.92 Å². The van der Waals surface area contributed by atoms with Crippen LogP contribution in [0.1, 0.15) is 49.9 Å². The Morgan fingerprint density at radius 2 is 2.28 bits per heavy atom. The van der Waals surface area contributed by atoms with Gasteiger partial charge in [0.25, 0.3) is 5.91 Å². The molecule has 0 saturated heterocycles. The molecule has 1 rings (SSSR count). The number of hydrogen-bond donors (Lipinski definition) is 2. The number of rotatable bonds is 6. The van der Waals surface area contributed by atoms with Gasteiger partial charge in [-0.15, -0.1) is 0 Å². The van der Waals surface area contributed by atoms with Crippen molar-refractivity contribution in [2.24, 2.45) is 0 Å². The summed E-state index contributed by atoms with van der Waals surface area (Å²) in [6.45, 7) is 4.16. The maximum Gasteiger partial charge on any atom is 0.253 e. The summed E-state index contributed by atoms with van der Waals surface area (Å²) in [4.78, 5) is 15.8. The van der Waals surface area contributed by atoms with Crippen molar-refractivity contribution in [3.63, 3.8) is 0 Å². The molecule has 0 radical (unpaired) electrons. The molecule has 1 heterocycles. The van der Waals surface area contributed by atoms with Gasteiger partial charge in [-0.2, -0.15) is 0 Å². The van der Waals surface area contributed by atoms with Gasteiger partial charge in [0.1, 0.15) is 5.82 Å². The lowest BCUT2D eigenvalue weighted by atomic mass is 10.1. The summed E-state index contributed by atoms with van der Waals surface area (Å²) in [5.41, 5.74) is 5.94. The van der Waals surface area contributed by atoms with Crippen molar-refractivity contribution in [1.82, 2.24) is 10.3 Å². The lowest BCUT2D eigenvalue weighted by Gasteiger charge is -2.13. The van der Waals surface area contributed by atoms with Gasteiger partial charge in [-0.1, -0.05) is 37.8 Å². The van der Waals surface area contributed by atoms with E-state index in [0.717, 1.165) is 12.8 Å². The van der Waals surface area contributed by atoms with Crippen molar-refractivity contribution in [2.75, 3.05) is 5.73 Å². The molecule has 1 aromatic heterocycles. The molecule has 4 nitrogen and oxygen atoms in total. The maximum atomic E-state index is 11.9. The van der Waals surface area contributed by atoms with Crippen LogP contribution >= 0.6 is 11.6 Å². The van der Waals surface area contributed by atoms with Crippen LogP contribution in [-0.2, 0) is 0 Å². The van der Waals surface area contributed by atoms with E-state index in [1.165, 1.54) is 25.1 Å². The molecule has 100 valence electrons. The average molecular weight is 270 g/mol. The summed E-state index contributed by atoms with van der Waals surface area (Å²) < 4.78 is 0. The molecule has 5 heteroatoms. The van der Waals surface area contributed by atoms with E-state index in [0.29, 0.717) is 10.6 Å². The maximum absolute atomic E-state index is 11.9. The number of carbonyl (C=O) groups is 1. The smallest absolute Gasteiger partial charge is 0.253 e. The van der Waals surface area contributed by atoms with Crippen molar-refractivity contribution in [3.05, 3.63) is 22.8 Å². The molecular weight excluding hydrogens is 250 g/mol. The molecule has 0 aliphatic carbocycles. The standard InChI is InChI=1S/C13H20ClN3O/c1-3-4-5-6-9(2)17-13(18)10-7-11(14)12(15)16-8-10/h7-9H,3-6H2,1-2H3,(H2,15,16)(H,17,18). The highest BCUT2D eigenvalue weighted by Crippen LogP contribution is 2.16. The highest BCUT2D eigenvalue weighted by molar-refractivity contribution is 6.33. The fraction of sp³-hybridized carbons (Fsp3) is 0.538. The van der Waals surface area contributed by atoms with E-state index < -0.39 is 0 Å². The number of unbranched alkanes of at least 4 members (excludes halogenated alkanes) is 2. The molecule has 0 aromatic carbocycles. The van der Waals surface area contributed by atoms with E-state index in [1.54, 1.807) is 0 Å². The Morgan fingerprint density at radius 3 is 2.89 bits per heavy atom. The van der Waals surface area contributed by atoms with Crippen molar-refractivity contribution in [1.29, 1.82) is 0 Å². The van der Waals surface area contributed by atoms with Crippen LogP contribution in [0.3, 0.4) is 0 Å². The van der Waals surface area contributed by atoms with Crippen molar-refractivity contribution < 1.29 is 4.79 Å². The van der Waals surface area contributed by atoms with Crippen LogP contribution in [-0.4, -0.2) is 16.9 Å². The van der Waals surface area contributed by atoms with E-state index in [4.69, 9.17) is 17.3 Å². The predicted octanol–water partition coefficient (Wildman–Crippen LogP) is 3.02. The molecule has 0 aliphatic rings. The molecule has 0 saturated carbocycles. The quantitative estimate of drug-likeness (QED) is 0.780. The zero-order chi connectivity index (χ0) is 13.5. The molecule has 0 fully saturated rings. The first-order valence-electron chi connectivity index (χ1n) is 6.26. The summed E-state index contributed by atoms with van der Waals surface area (Å²) in [6.07, 6.45) is 5.91. The number of anilines is 1. The second-order valence-corrected chi connectivity index (χ2v) is 4.87. The van der Waals surface area contributed by atoms with Crippen LogP contribution in [0.25, 0.3) is 0 Å². The fourth-order valence-electron chi connectivity index (χ4n) is 1.65. The highest BCUT2D eigenvalue weighted by atomic mass is 35.5. The zero-order valence-electron chi connectivity index (χ0n) is 10.9. The molecule has 1 aromatic rings. The van der Waals surface area contributed by atoms with Crippen LogP contribution in [0, 0.1) is 0 Å². The summed E-state index contributed by atoms with van der Waals surface area (Å²) in [5, 5.41) is 3.23. The molecule has 0 aliphatic heterocycles. The fourth-order valence-corrected chi connectivity index (χ4v) is 1.82. The molecule has 0 bridgehead atoms. The zero-order valence-corrected chi connectivity index (χ0v) is 11.6. The third kappa shape index (κ3) is 4.53. The third-order valence-electron chi connectivity index (χ3n) is 2.75.